The van der Waals surface area contributed by atoms with Crippen LogP contribution >= 0.6 is 0 Å². The van der Waals surface area contributed by atoms with Crippen molar-refractivity contribution >= 4 is 31.7 Å². The summed E-state index contributed by atoms with van der Waals surface area (Å²) in [4.78, 5) is 25.9. The third-order valence-electron chi connectivity index (χ3n) is 4.80. The third-order valence-corrected chi connectivity index (χ3v) is 7.59. The van der Waals surface area contributed by atoms with Gasteiger partial charge in [-0.05, 0) is 50.5 Å². The molecule has 0 aromatic heterocycles. The lowest BCUT2D eigenvalue weighted by Crippen LogP contribution is -2.43. The zero-order chi connectivity index (χ0) is 21.3. The van der Waals surface area contributed by atoms with Crippen LogP contribution in [0.4, 0.5) is 0 Å². The van der Waals surface area contributed by atoms with Crippen LogP contribution in [0.25, 0.3) is 0 Å². The molecule has 1 saturated heterocycles. The van der Waals surface area contributed by atoms with Crippen molar-refractivity contribution < 1.29 is 31.2 Å². The summed E-state index contributed by atoms with van der Waals surface area (Å²) in [6.45, 7) is 4.64. The largest absolute Gasteiger partial charge is 0.452 e. The highest BCUT2D eigenvalue weighted by molar-refractivity contribution is 7.91. The highest BCUT2D eigenvalue weighted by Gasteiger charge is 2.34. The summed E-state index contributed by atoms with van der Waals surface area (Å²) >= 11 is 0. The van der Waals surface area contributed by atoms with Gasteiger partial charge in [0.1, 0.15) is 0 Å². The van der Waals surface area contributed by atoms with Crippen LogP contribution in [-0.4, -0.2) is 64.3 Å². The minimum atomic E-state index is -4.02. The predicted molar refractivity (Wildman–Crippen MR) is 102 cm³/mol. The maximum Gasteiger partial charge on any atom is 0.338 e. The van der Waals surface area contributed by atoms with Crippen LogP contribution in [0.2, 0.25) is 0 Å². The molecule has 1 fully saturated rings. The molecule has 2 N–H and O–H groups in total. The Kier molecular flexibility index (Phi) is 6.51. The first-order valence-corrected chi connectivity index (χ1v) is 12.0. The Morgan fingerprint density at radius 1 is 1.29 bits per heavy atom. The van der Waals surface area contributed by atoms with Crippen molar-refractivity contribution in [3.05, 3.63) is 28.8 Å². The van der Waals surface area contributed by atoms with E-state index in [-0.39, 0.29) is 28.5 Å². The zero-order valence-corrected chi connectivity index (χ0v) is 17.6. The first-order chi connectivity index (χ1) is 12.9. The molecule has 0 spiro atoms. The third kappa shape index (κ3) is 5.09. The minimum Gasteiger partial charge on any atom is -0.452 e. The van der Waals surface area contributed by atoms with Gasteiger partial charge < -0.3 is 9.64 Å². The molecule has 1 unspecified atom stereocenters. The lowest BCUT2D eigenvalue weighted by Gasteiger charge is -2.26. The van der Waals surface area contributed by atoms with E-state index in [0.717, 1.165) is 6.07 Å². The topological polar surface area (TPSA) is 141 Å². The van der Waals surface area contributed by atoms with Crippen LogP contribution in [-0.2, 0) is 29.4 Å². The minimum absolute atomic E-state index is 0.0280. The molecule has 1 aromatic rings. The van der Waals surface area contributed by atoms with Gasteiger partial charge in [0.15, 0.2) is 16.4 Å². The van der Waals surface area contributed by atoms with Gasteiger partial charge in [0.05, 0.1) is 22.0 Å². The fourth-order valence-electron chi connectivity index (χ4n) is 3.19. The Bertz CT molecular complexity index is 1000. The second-order valence-electron chi connectivity index (χ2n) is 6.77. The van der Waals surface area contributed by atoms with Crippen LogP contribution < -0.4 is 5.14 Å². The maximum absolute atomic E-state index is 12.4. The van der Waals surface area contributed by atoms with Crippen LogP contribution in [0.5, 0.6) is 0 Å². The second-order valence-corrected chi connectivity index (χ2v) is 10.5. The summed E-state index contributed by atoms with van der Waals surface area (Å²) in [5, 5.41) is 5.18. The molecule has 28 heavy (non-hydrogen) atoms. The van der Waals surface area contributed by atoms with Crippen LogP contribution in [0, 0.1) is 13.8 Å². The van der Waals surface area contributed by atoms with Gasteiger partial charge in [-0.25, -0.2) is 26.8 Å². The number of sulfone groups is 1. The Labute approximate surface area is 164 Å². The molecule has 156 valence electrons. The van der Waals surface area contributed by atoms with E-state index in [1.54, 1.807) is 20.8 Å². The highest BCUT2D eigenvalue weighted by Crippen LogP contribution is 2.21. The molecule has 0 saturated carbocycles. The average Bonchev–Trinajstić information content (AvgIpc) is 2.94. The van der Waals surface area contributed by atoms with Gasteiger partial charge in [-0.15, -0.1) is 0 Å². The van der Waals surface area contributed by atoms with Crippen LogP contribution in [0.1, 0.15) is 34.8 Å². The number of sulfonamides is 1. The van der Waals surface area contributed by atoms with E-state index in [9.17, 15) is 26.4 Å². The van der Waals surface area contributed by atoms with Crippen LogP contribution in [0.15, 0.2) is 17.0 Å². The highest BCUT2D eigenvalue weighted by atomic mass is 32.2. The number of ether oxygens (including phenoxy) is 1. The normalized spacial score (nSPS) is 18.6. The molecule has 1 atom stereocenters. The molecule has 0 aliphatic carbocycles. The van der Waals surface area contributed by atoms with Gasteiger partial charge in [0.2, 0.25) is 10.0 Å². The van der Waals surface area contributed by atoms with Crippen molar-refractivity contribution in [2.24, 2.45) is 5.14 Å². The first kappa shape index (κ1) is 22.3. The van der Waals surface area contributed by atoms with E-state index in [0.29, 0.717) is 17.5 Å². The molecule has 11 heteroatoms. The smallest absolute Gasteiger partial charge is 0.338 e. The van der Waals surface area contributed by atoms with Gasteiger partial charge >= 0.3 is 5.97 Å². The Balaban J connectivity index is 2.11. The molecule has 1 aromatic carbocycles. The summed E-state index contributed by atoms with van der Waals surface area (Å²) in [6, 6.07) is 2.14. The van der Waals surface area contributed by atoms with E-state index in [1.165, 1.54) is 11.0 Å². The standard InChI is InChI=1S/C17H24N2O7S2/c1-4-19(14-5-6-27(22,23)10-14)16(20)9-26-17(21)13-7-11(2)12(3)15(8-13)28(18,24)25/h7-8,14H,4-6,9-10H2,1-3H3,(H2,18,24,25). The summed E-state index contributed by atoms with van der Waals surface area (Å²) < 4.78 is 51.7. The van der Waals surface area contributed by atoms with Gasteiger partial charge in [-0.1, -0.05) is 0 Å². The molecule has 2 rings (SSSR count). The number of nitrogens with two attached hydrogens (primary N) is 1. The van der Waals surface area contributed by atoms with E-state index in [1.807, 2.05) is 0 Å². The summed E-state index contributed by atoms with van der Waals surface area (Å²) in [6.07, 6.45) is 0.352. The number of primary sulfonamides is 1. The number of hydrogen-bond donors (Lipinski definition) is 1. The van der Waals surface area contributed by atoms with Crippen LogP contribution in [0.3, 0.4) is 0 Å². The number of nitrogens with zero attached hydrogens (tertiary/aromatic N) is 1. The van der Waals surface area contributed by atoms with Crippen molar-refractivity contribution in [3.63, 3.8) is 0 Å². The number of benzene rings is 1. The molecule has 1 heterocycles. The molecule has 0 bridgehead atoms. The first-order valence-electron chi connectivity index (χ1n) is 8.66. The monoisotopic (exact) mass is 432 g/mol. The SMILES string of the molecule is CCN(C(=O)COC(=O)c1cc(C)c(C)c(S(N)(=O)=O)c1)C1CCS(=O)(=O)C1. The van der Waals surface area contributed by atoms with Crippen molar-refractivity contribution in [1.29, 1.82) is 0 Å². The zero-order valence-electron chi connectivity index (χ0n) is 16.0. The molecule has 1 amide bonds. The van der Waals surface area contributed by atoms with Gasteiger partial charge in [0.25, 0.3) is 5.91 Å². The molecule has 0 radical (unpaired) electrons. The summed E-state index contributed by atoms with van der Waals surface area (Å²) in [5.74, 6) is -1.44. The van der Waals surface area contributed by atoms with Gasteiger partial charge in [-0.2, -0.15) is 0 Å². The Morgan fingerprint density at radius 2 is 1.93 bits per heavy atom. The molecular weight excluding hydrogens is 408 g/mol. The second kappa shape index (κ2) is 8.18. The Morgan fingerprint density at radius 3 is 2.43 bits per heavy atom. The quantitative estimate of drug-likeness (QED) is 0.630. The van der Waals surface area contributed by atoms with Crippen molar-refractivity contribution in [2.75, 3.05) is 24.7 Å². The lowest BCUT2D eigenvalue weighted by molar-refractivity contribution is -0.136. The average molecular weight is 433 g/mol. The molecular formula is C17H24N2O7S2. The summed E-state index contributed by atoms with van der Waals surface area (Å²) in [5.41, 5.74) is 0.928. The van der Waals surface area contributed by atoms with Crippen molar-refractivity contribution in [1.82, 2.24) is 4.90 Å². The maximum atomic E-state index is 12.4. The number of hydrogen-bond acceptors (Lipinski definition) is 7. The van der Waals surface area contributed by atoms with E-state index >= 15 is 0 Å². The predicted octanol–water partition coefficient (Wildman–Crippen LogP) is 0.143. The van der Waals surface area contributed by atoms with Crippen molar-refractivity contribution in [2.45, 2.75) is 38.1 Å². The molecule has 1 aliphatic heterocycles. The van der Waals surface area contributed by atoms with Crippen molar-refractivity contribution in [3.8, 4) is 0 Å². The number of aryl methyl sites for hydroxylation is 1. The number of esters is 1. The number of carbonyl (C=O) groups is 2. The fraction of sp³-hybridized carbons (Fsp3) is 0.529. The van der Waals surface area contributed by atoms with E-state index < -0.39 is 44.4 Å². The number of rotatable bonds is 6. The number of amides is 1. The van der Waals surface area contributed by atoms with E-state index in [4.69, 9.17) is 9.88 Å². The van der Waals surface area contributed by atoms with Gasteiger partial charge in [-0.3, -0.25) is 4.79 Å². The number of carbonyl (C=O) groups excluding carboxylic acids is 2. The number of likely N-dealkylation sites (N-methyl/N-ethyl adjacent to an activating group) is 1. The lowest BCUT2D eigenvalue weighted by atomic mass is 10.1. The molecule has 1 aliphatic rings. The summed E-state index contributed by atoms with van der Waals surface area (Å²) in [7, 11) is -7.18. The van der Waals surface area contributed by atoms with Gasteiger partial charge in [0, 0.05) is 12.6 Å². The van der Waals surface area contributed by atoms with E-state index in [2.05, 4.69) is 0 Å². The Hall–Kier alpha value is -1.98. The fourth-order valence-corrected chi connectivity index (χ4v) is 5.80. The molecule has 9 nitrogen and oxygen atoms in total.